The Morgan fingerprint density at radius 1 is 1.12 bits per heavy atom. The van der Waals surface area contributed by atoms with Gasteiger partial charge in [0.1, 0.15) is 11.4 Å². The predicted molar refractivity (Wildman–Crippen MR) is 102 cm³/mol. The Morgan fingerprint density at radius 2 is 1.88 bits per heavy atom. The zero-order valence-corrected chi connectivity index (χ0v) is 14.7. The Hall–Kier alpha value is -3.28. The summed E-state index contributed by atoms with van der Waals surface area (Å²) in [5, 5.41) is 6.26. The predicted octanol–water partition coefficient (Wildman–Crippen LogP) is 4.40. The Kier molecular flexibility index (Phi) is 5.22. The fraction of sp³-hybridized carbons (Fsp3) is 0.200. The smallest absolute Gasteiger partial charge is 0.336 e. The quantitative estimate of drug-likeness (QED) is 0.667. The van der Waals surface area contributed by atoms with E-state index in [9.17, 15) is 9.59 Å². The molecule has 6 nitrogen and oxygen atoms in total. The van der Waals surface area contributed by atoms with E-state index >= 15 is 0 Å². The highest BCUT2D eigenvalue weighted by molar-refractivity contribution is 6.06. The van der Waals surface area contributed by atoms with Crippen molar-refractivity contribution in [1.29, 1.82) is 0 Å². The van der Waals surface area contributed by atoms with Gasteiger partial charge in [-0.15, -0.1) is 0 Å². The van der Waals surface area contributed by atoms with E-state index in [1.165, 1.54) is 13.2 Å². The molecule has 3 rings (SSSR count). The first-order chi connectivity index (χ1) is 12.6. The molecule has 134 valence electrons. The molecule has 1 heterocycles. The first kappa shape index (κ1) is 17.5. The van der Waals surface area contributed by atoms with Crippen LogP contribution in [0.15, 0.2) is 57.7 Å². The highest BCUT2D eigenvalue weighted by atomic mass is 16.5. The average Bonchev–Trinajstić information content (AvgIpc) is 2.63. The molecule has 3 aromatic rings. The van der Waals surface area contributed by atoms with Gasteiger partial charge in [-0.25, -0.2) is 9.59 Å². The van der Waals surface area contributed by atoms with Crippen LogP contribution in [0.1, 0.15) is 18.9 Å². The summed E-state index contributed by atoms with van der Waals surface area (Å²) >= 11 is 0. The van der Waals surface area contributed by atoms with Gasteiger partial charge in [-0.05, 0) is 36.2 Å². The van der Waals surface area contributed by atoms with Crippen LogP contribution in [0.2, 0.25) is 0 Å². The lowest BCUT2D eigenvalue weighted by atomic mass is 10.0. The Morgan fingerprint density at radius 3 is 2.58 bits per heavy atom. The third-order valence-corrected chi connectivity index (χ3v) is 3.97. The number of methoxy groups -OCH3 is 1. The van der Waals surface area contributed by atoms with Crippen LogP contribution in [-0.2, 0) is 6.42 Å². The summed E-state index contributed by atoms with van der Waals surface area (Å²) in [5.41, 5.74) is 1.71. The number of anilines is 2. The van der Waals surface area contributed by atoms with Gasteiger partial charge < -0.3 is 19.8 Å². The molecule has 0 fully saturated rings. The minimum atomic E-state index is -0.458. The zero-order valence-electron chi connectivity index (χ0n) is 14.7. The number of urea groups is 1. The molecule has 1 aromatic heterocycles. The first-order valence-corrected chi connectivity index (χ1v) is 8.39. The molecular weight excluding hydrogens is 332 g/mol. The zero-order chi connectivity index (χ0) is 18.5. The molecule has 0 spiro atoms. The molecule has 6 heteroatoms. The van der Waals surface area contributed by atoms with E-state index in [1.54, 1.807) is 18.2 Å². The van der Waals surface area contributed by atoms with Gasteiger partial charge >= 0.3 is 11.7 Å². The minimum Gasteiger partial charge on any atom is -0.494 e. The van der Waals surface area contributed by atoms with Crippen molar-refractivity contribution in [3.8, 4) is 5.75 Å². The lowest BCUT2D eigenvalue weighted by Crippen LogP contribution is -2.20. The molecule has 0 unspecified atom stereocenters. The van der Waals surface area contributed by atoms with Crippen molar-refractivity contribution in [2.45, 2.75) is 19.8 Å². The number of para-hydroxylation sites is 1. The second-order valence-corrected chi connectivity index (χ2v) is 5.81. The molecule has 0 aliphatic heterocycles. The van der Waals surface area contributed by atoms with Crippen LogP contribution >= 0.6 is 0 Å². The van der Waals surface area contributed by atoms with Gasteiger partial charge in [-0.1, -0.05) is 31.5 Å². The SMILES string of the molecule is CCCc1cc(=O)oc2c(NC(=O)Nc3ccccc3)c(OC)ccc12. The summed E-state index contributed by atoms with van der Waals surface area (Å²) in [6.07, 6.45) is 1.63. The summed E-state index contributed by atoms with van der Waals surface area (Å²) < 4.78 is 10.7. The number of rotatable bonds is 5. The van der Waals surface area contributed by atoms with Crippen LogP contribution in [0.25, 0.3) is 11.0 Å². The van der Waals surface area contributed by atoms with E-state index in [0.29, 0.717) is 22.7 Å². The minimum absolute atomic E-state index is 0.309. The molecule has 0 aliphatic rings. The number of carbonyl (C=O) groups is 1. The van der Waals surface area contributed by atoms with Gasteiger partial charge in [0, 0.05) is 17.1 Å². The van der Waals surface area contributed by atoms with E-state index < -0.39 is 11.7 Å². The Bertz CT molecular complexity index is 980. The molecule has 2 aromatic carbocycles. The second kappa shape index (κ2) is 7.74. The number of nitrogens with one attached hydrogen (secondary N) is 2. The van der Waals surface area contributed by atoms with Crippen molar-refractivity contribution in [1.82, 2.24) is 0 Å². The molecule has 26 heavy (non-hydrogen) atoms. The molecule has 0 saturated carbocycles. The number of benzene rings is 2. The summed E-state index contributed by atoms with van der Waals surface area (Å²) in [6.45, 7) is 2.04. The summed E-state index contributed by atoms with van der Waals surface area (Å²) in [7, 11) is 1.50. The fourth-order valence-corrected chi connectivity index (χ4v) is 2.84. The lowest BCUT2D eigenvalue weighted by molar-refractivity contribution is 0.262. The van der Waals surface area contributed by atoms with Crippen molar-refractivity contribution in [2.24, 2.45) is 0 Å². The highest BCUT2D eigenvalue weighted by Gasteiger charge is 2.16. The monoisotopic (exact) mass is 352 g/mol. The van der Waals surface area contributed by atoms with Crippen molar-refractivity contribution in [2.75, 3.05) is 17.7 Å². The van der Waals surface area contributed by atoms with Crippen LogP contribution in [0.3, 0.4) is 0 Å². The number of ether oxygens (including phenoxy) is 1. The number of hydrogen-bond donors (Lipinski definition) is 2. The van der Waals surface area contributed by atoms with Crippen LogP contribution < -0.4 is 21.0 Å². The summed E-state index contributed by atoms with van der Waals surface area (Å²) in [4.78, 5) is 24.4. The third kappa shape index (κ3) is 3.69. The van der Waals surface area contributed by atoms with Gasteiger partial charge in [0.2, 0.25) is 0 Å². The third-order valence-electron chi connectivity index (χ3n) is 3.97. The molecular formula is C20H20N2O4. The molecule has 0 atom stereocenters. The maximum absolute atomic E-state index is 12.4. The molecule has 0 radical (unpaired) electrons. The number of carbonyl (C=O) groups excluding carboxylic acids is 1. The van der Waals surface area contributed by atoms with E-state index in [-0.39, 0.29) is 0 Å². The van der Waals surface area contributed by atoms with E-state index in [1.807, 2.05) is 31.2 Å². The number of aryl methyl sites for hydroxylation is 1. The van der Waals surface area contributed by atoms with E-state index in [0.717, 1.165) is 23.8 Å². The van der Waals surface area contributed by atoms with Crippen LogP contribution in [-0.4, -0.2) is 13.1 Å². The number of fused-ring (bicyclic) bond motifs is 1. The van der Waals surface area contributed by atoms with Gasteiger partial charge in [-0.3, -0.25) is 0 Å². The topological polar surface area (TPSA) is 80.6 Å². The van der Waals surface area contributed by atoms with E-state index in [4.69, 9.17) is 9.15 Å². The normalized spacial score (nSPS) is 10.5. The number of amides is 2. The molecule has 0 aliphatic carbocycles. The largest absolute Gasteiger partial charge is 0.494 e. The van der Waals surface area contributed by atoms with E-state index in [2.05, 4.69) is 10.6 Å². The van der Waals surface area contributed by atoms with Crippen molar-refractivity contribution < 1.29 is 13.9 Å². The molecule has 2 amide bonds. The molecule has 0 bridgehead atoms. The van der Waals surface area contributed by atoms with Gasteiger partial charge in [0.25, 0.3) is 0 Å². The van der Waals surface area contributed by atoms with Gasteiger partial charge in [0.15, 0.2) is 5.58 Å². The second-order valence-electron chi connectivity index (χ2n) is 5.81. The molecule has 0 saturated heterocycles. The summed E-state index contributed by atoms with van der Waals surface area (Å²) in [6, 6.07) is 13.7. The molecule has 2 N–H and O–H groups in total. The fourth-order valence-electron chi connectivity index (χ4n) is 2.84. The van der Waals surface area contributed by atoms with Crippen molar-refractivity contribution in [3.63, 3.8) is 0 Å². The highest BCUT2D eigenvalue weighted by Crippen LogP contribution is 2.34. The van der Waals surface area contributed by atoms with Crippen LogP contribution in [0, 0.1) is 0 Å². The standard InChI is InChI=1S/C20H20N2O4/c1-3-7-13-12-17(23)26-19-15(13)10-11-16(25-2)18(19)22-20(24)21-14-8-5-4-6-9-14/h4-6,8-12H,3,7H2,1-2H3,(H2,21,22,24). The number of hydrogen-bond acceptors (Lipinski definition) is 4. The average molecular weight is 352 g/mol. The van der Waals surface area contributed by atoms with Crippen LogP contribution in [0.4, 0.5) is 16.2 Å². The summed E-state index contributed by atoms with van der Waals surface area (Å²) in [5.74, 6) is 0.414. The maximum Gasteiger partial charge on any atom is 0.336 e. The van der Waals surface area contributed by atoms with Crippen molar-refractivity contribution in [3.05, 3.63) is 64.5 Å². The Labute approximate surface area is 150 Å². The lowest BCUT2D eigenvalue weighted by Gasteiger charge is -2.14. The first-order valence-electron chi connectivity index (χ1n) is 8.39. The van der Waals surface area contributed by atoms with Gasteiger partial charge in [0.05, 0.1) is 7.11 Å². The maximum atomic E-state index is 12.4. The van der Waals surface area contributed by atoms with Crippen LogP contribution in [0.5, 0.6) is 5.75 Å². The Balaban J connectivity index is 2.02. The van der Waals surface area contributed by atoms with Crippen molar-refractivity contribution >= 4 is 28.4 Å². The van der Waals surface area contributed by atoms with Gasteiger partial charge in [-0.2, -0.15) is 0 Å².